The second-order valence-corrected chi connectivity index (χ2v) is 11.8. The van der Waals surface area contributed by atoms with Crippen molar-refractivity contribution in [1.82, 2.24) is 4.98 Å². The third kappa shape index (κ3) is 11.9. The first kappa shape index (κ1) is 33.9. The maximum atomic E-state index is 14.1. The number of aromatic amines is 1. The molecule has 0 saturated heterocycles. The lowest BCUT2D eigenvalue weighted by atomic mass is 10.1. The number of anilines is 1. The first-order valence-corrected chi connectivity index (χ1v) is 16.6. The predicted octanol–water partition coefficient (Wildman–Crippen LogP) is 11.9. The summed E-state index contributed by atoms with van der Waals surface area (Å²) in [6, 6.07) is 15.9. The molecule has 1 aromatic heterocycles. The van der Waals surface area contributed by atoms with Crippen LogP contribution in [0.3, 0.4) is 0 Å². The van der Waals surface area contributed by atoms with Gasteiger partial charge in [-0.2, -0.15) is 13.2 Å². The van der Waals surface area contributed by atoms with Crippen LogP contribution in [0.25, 0.3) is 10.9 Å². The van der Waals surface area contributed by atoms with E-state index < -0.39 is 12.3 Å². The Kier molecular flexibility index (Phi) is 15.2. The topological polar surface area (TPSA) is 28.3 Å². The smallest absolute Gasteiger partial charge is 0.431 e. The number of hydrogen-bond acceptors (Lipinski definition) is 2. The van der Waals surface area contributed by atoms with E-state index in [1.807, 2.05) is 18.2 Å². The van der Waals surface area contributed by atoms with Gasteiger partial charge in [-0.25, -0.2) is 0 Å². The third-order valence-corrected chi connectivity index (χ3v) is 8.15. The van der Waals surface area contributed by atoms with E-state index in [1.54, 1.807) is 30.3 Å². The predicted molar refractivity (Wildman–Crippen MR) is 172 cm³/mol. The second-order valence-electron chi connectivity index (χ2n) is 11.8. The van der Waals surface area contributed by atoms with Gasteiger partial charge in [0.15, 0.2) is 0 Å². The molecule has 3 aromatic rings. The van der Waals surface area contributed by atoms with Crippen molar-refractivity contribution in [2.24, 2.45) is 0 Å². The number of H-pyrrole nitrogens is 1. The third-order valence-electron chi connectivity index (χ3n) is 8.15. The lowest BCUT2D eigenvalue weighted by Gasteiger charge is -2.26. The molecule has 3 nitrogen and oxygen atoms in total. The molecule has 0 aliphatic heterocycles. The molecule has 0 aliphatic carbocycles. The summed E-state index contributed by atoms with van der Waals surface area (Å²) in [5.74, 6) is 0.221. The van der Waals surface area contributed by atoms with Crippen LogP contribution in [0.15, 0.2) is 54.6 Å². The van der Waals surface area contributed by atoms with E-state index >= 15 is 0 Å². The van der Waals surface area contributed by atoms with E-state index in [4.69, 9.17) is 4.74 Å². The van der Waals surface area contributed by atoms with Crippen LogP contribution in [-0.2, 0) is 0 Å². The van der Waals surface area contributed by atoms with Gasteiger partial charge >= 0.3 is 6.18 Å². The monoisotopic (exact) mass is 586 g/mol. The Bertz CT molecular complexity index is 1060. The molecular weight excluding hydrogens is 533 g/mol. The first-order valence-electron chi connectivity index (χ1n) is 16.6. The molecule has 6 heteroatoms. The molecule has 1 atom stereocenters. The summed E-state index contributed by atoms with van der Waals surface area (Å²) >= 11 is 0. The van der Waals surface area contributed by atoms with Crippen LogP contribution in [0.4, 0.5) is 18.9 Å². The van der Waals surface area contributed by atoms with Gasteiger partial charge in [-0.15, -0.1) is 0 Å². The molecule has 234 valence electrons. The fraction of sp³-hybridized carbons (Fsp3) is 0.611. The van der Waals surface area contributed by atoms with Crippen molar-refractivity contribution in [3.8, 4) is 5.75 Å². The van der Waals surface area contributed by atoms with Gasteiger partial charge in [-0.3, -0.25) is 0 Å². The molecule has 0 saturated carbocycles. The number of fused-ring (bicyclic) bond motifs is 1. The van der Waals surface area contributed by atoms with Crippen molar-refractivity contribution in [3.05, 3.63) is 60.3 Å². The number of aromatic nitrogens is 1. The van der Waals surface area contributed by atoms with Gasteiger partial charge in [0.25, 0.3) is 0 Å². The summed E-state index contributed by atoms with van der Waals surface area (Å²) in [5, 5.41) is 0.734. The van der Waals surface area contributed by atoms with Gasteiger partial charge in [0, 0.05) is 24.3 Å². The zero-order chi connectivity index (χ0) is 30.0. The van der Waals surface area contributed by atoms with Gasteiger partial charge < -0.3 is 14.6 Å². The Morgan fingerprint density at radius 1 is 0.667 bits per heavy atom. The summed E-state index contributed by atoms with van der Waals surface area (Å²) in [6.07, 6.45) is 13.8. The standard InChI is InChI=1S/C36H53F3N2O/c1-3-5-7-9-11-13-15-19-27-41(28-20-16-14-12-10-8-6-4-2)31-23-25-32(26-24-31)42-35(36(37,38)39)34-29-30-21-17-18-22-33(30)40-34/h17-18,21-26,29,35,40H,3-16,19-20,27-28H2,1-2H3. The number of ether oxygens (including phenoxy) is 1. The lowest BCUT2D eigenvalue weighted by Crippen LogP contribution is -2.27. The Balaban J connectivity index is 1.58. The van der Waals surface area contributed by atoms with Crippen molar-refractivity contribution < 1.29 is 17.9 Å². The van der Waals surface area contributed by atoms with Crippen LogP contribution >= 0.6 is 0 Å². The highest BCUT2D eigenvalue weighted by atomic mass is 19.4. The lowest BCUT2D eigenvalue weighted by molar-refractivity contribution is -0.198. The highest BCUT2D eigenvalue weighted by molar-refractivity contribution is 5.80. The fourth-order valence-corrected chi connectivity index (χ4v) is 5.66. The summed E-state index contributed by atoms with van der Waals surface area (Å²) in [5.41, 5.74) is 1.74. The van der Waals surface area contributed by atoms with Gasteiger partial charge in [0.2, 0.25) is 6.10 Å². The molecule has 0 fully saturated rings. The molecule has 1 heterocycles. The SMILES string of the molecule is CCCCCCCCCCN(CCCCCCCCCC)c1ccc(OC(c2cc3ccccc3[nH]2)C(F)(F)F)cc1. The van der Waals surface area contributed by atoms with E-state index in [9.17, 15) is 13.2 Å². The molecule has 0 spiro atoms. The average Bonchev–Trinajstić information content (AvgIpc) is 3.41. The normalized spacial score (nSPS) is 12.6. The summed E-state index contributed by atoms with van der Waals surface area (Å²) < 4.78 is 47.7. The molecule has 0 bridgehead atoms. The van der Waals surface area contributed by atoms with Gasteiger partial charge in [0.05, 0.1) is 5.69 Å². The van der Waals surface area contributed by atoms with Crippen LogP contribution < -0.4 is 9.64 Å². The Morgan fingerprint density at radius 2 is 1.17 bits per heavy atom. The second kappa shape index (κ2) is 18.8. The van der Waals surface area contributed by atoms with Crippen molar-refractivity contribution in [2.45, 2.75) is 129 Å². The molecule has 42 heavy (non-hydrogen) atoms. The maximum Gasteiger partial charge on any atom is 0.431 e. The van der Waals surface area contributed by atoms with Crippen molar-refractivity contribution in [2.75, 3.05) is 18.0 Å². The first-order chi connectivity index (χ1) is 20.4. The van der Waals surface area contributed by atoms with E-state index in [0.29, 0.717) is 5.52 Å². The van der Waals surface area contributed by atoms with E-state index in [0.717, 1.165) is 37.0 Å². The number of nitrogens with zero attached hydrogens (tertiary/aromatic N) is 1. The Hall–Kier alpha value is -2.63. The van der Waals surface area contributed by atoms with Gasteiger partial charge in [-0.05, 0) is 54.6 Å². The highest BCUT2D eigenvalue weighted by Crippen LogP contribution is 2.38. The van der Waals surface area contributed by atoms with E-state index in [-0.39, 0.29) is 11.4 Å². The fourth-order valence-electron chi connectivity index (χ4n) is 5.66. The number of rotatable bonds is 22. The molecule has 1 unspecified atom stereocenters. The molecule has 3 rings (SSSR count). The number of nitrogens with one attached hydrogen (secondary N) is 1. The van der Waals surface area contributed by atoms with Crippen LogP contribution in [0, 0.1) is 0 Å². The quantitative estimate of drug-likeness (QED) is 0.119. The molecule has 0 aliphatic rings. The zero-order valence-corrected chi connectivity index (χ0v) is 26.0. The minimum Gasteiger partial charge on any atom is -0.475 e. The molecular formula is C36H53F3N2O. The van der Waals surface area contributed by atoms with Crippen LogP contribution in [0.1, 0.15) is 128 Å². The Labute approximate surface area is 252 Å². The molecule has 0 radical (unpaired) electrons. The van der Waals surface area contributed by atoms with Crippen LogP contribution in [-0.4, -0.2) is 24.2 Å². The largest absolute Gasteiger partial charge is 0.475 e. The van der Waals surface area contributed by atoms with Gasteiger partial charge in [-0.1, -0.05) is 122 Å². The van der Waals surface area contributed by atoms with Crippen LogP contribution in [0.2, 0.25) is 0 Å². The zero-order valence-electron chi connectivity index (χ0n) is 26.0. The van der Waals surface area contributed by atoms with Crippen LogP contribution in [0.5, 0.6) is 5.75 Å². The number of alkyl halides is 3. The average molecular weight is 587 g/mol. The number of benzene rings is 2. The minimum atomic E-state index is -4.54. The van der Waals surface area contributed by atoms with E-state index in [1.165, 1.54) is 96.0 Å². The van der Waals surface area contributed by atoms with Gasteiger partial charge in [0.1, 0.15) is 5.75 Å². The van der Waals surface area contributed by atoms with Crippen molar-refractivity contribution in [3.63, 3.8) is 0 Å². The Morgan fingerprint density at radius 3 is 1.67 bits per heavy atom. The molecule has 2 aromatic carbocycles. The highest BCUT2D eigenvalue weighted by Gasteiger charge is 2.44. The summed E-state index contributed by atoms with van der Waals surface area (Å²) in [4.78, 5) is 5.31. The maximum absolute atomic E-state index is 14.1. The number of unbranched alkanes of at least 4 members (excludes halogenated alkanes) is 14. The van der Waals surface area contributed by atoms with E-state index in [2.05, 4.69) is 23.7 Å². The van der Waals surface area contributed by atoms with Crippen molar-refractivity contribution in [1.29, 1.82) is 0 Å². The molecule has 0 amide bonds. The summed E-state index contributed by atoms with van der Waals surface area (Å²) in [7, 11) is 0. The number of halogens is 3. The minimum absolute atomic E-state index is 0.0128. The molecule has 1 N–H and O–H groups in total. The summed E-state index contributed by atoms with van der Waals surface area (Å²) in [6.45, 7) is 6.45. The number of para-hydroxylation sites is 1. The number of hydrogen-bond donors (Lipinski definition) is 1. The van der Waals surface area contributed by atoms with Crippen molar-refractivity contribution >= 4 is 16.6 Å².